The van der Waals surface area contributed by atoms with Gasteiger partial charge in [0.1, 0.15) is 24.1 Å². The maximum absolute atomic E-state index is 12.4. The maximum atomic E-state index is 12.4. The molecule has 7 nitrogen and oxygen atoms in total. The van der Waals surface area contributed by atoms with E-state index in [2.05, 4.69) is 0 Å². The average Bonchev–Trinajstić information content (AvgIpc) is 3.16. The molecule has 8 heteroatoms. The topological polar surface area (TPSA) is 88.1 Å². The summed E-state index contributed by atoms with van der Waals surface area (Å²) in [4.78, 5) is 12.4. The van der Waals surface area contributed by atoms with Gasteiger partial charge in [-0.2, -0.15) is 8.42 Å². The minimum Gasteiger partial charge on any atom is -0.369 e. The molecule has 172 valence electrons. The van der Waals surface area contributed by atoms with Crippen LogP contribution in [0.5, 0.6) is 0 Å². The van der Waals surface area contributed by atoms with E-state index in [1.54, 1.807) is 0 Å². The van der Waals surface area contributed by atoms with Crippen molar-refractivity contribution >= 4 is 15.9 Å². The van der Waals surface area contributed by atoms with Crippen LogP contribution in [0.25, 0.3) is 0 Å². The van der Waals surface area contributed by atoms with E-state index in [1.807, 2.05) is 60.7 Å². The summed E-state index contributed by atoms with van der Waals surface area (Å²) in [5, 5.41) is 0. The van der Waals surface area contributed by atoms with Crippen LogP contribution in [0, 0.1) is 5.92 Å². The summed E-state index contributed by atoms with van der Waals surface area (Å²) in [7, 11) is -3.79. The summed E-state index contributed by atoms with van der Waals surface area (Å²) in [6, 6.07) is 19.2. The molecule has 2 fully saturated rings. The van der Waals surface area contributed by atoms with E-state index in [1.165, 1.54) is 6.92 Å². The first-order valence-electron chi connectivity index (χ1n) is 10.7. The van der Waals surface area contributed by atoms with Crippen molar-refractivity contribution in [2.75, 3.05) is 6.26 Å². The molecule has 0 N–H and O–H groups in total. The normalized spacial score (nSPS) is 29.7. The van der Waals surface area contributed by atoms with Crippen molar-refractivity contribution in [3.05, 3.63) is 71.8 Å². The molecule has 2 saturated heterocycles. The first-order chi connectivity index (χ1) is 15.3. The summed E-state index contributed by atoms with van der Waals surface area (Å²) < 4.78 is 48.1. The molecule has 0 amide bonds. The quantitative estimate of drug-likeness (QED) is 0.532. The number of fused-ring (bicyclic) bond motifs is 2. The lowest BCUT2D eigenvalue weighted by Crippen LogP contribution is -2.57. The zero-order chi connectivity index (χ0) is 22.7. The van der Waals surface area contributed by atoms with Gasteiger partial charge in [0.05, 0.1) is 31.7 Å². The SMILES string of the molecule is CC(=O)[C@H]1C[C@H]2O[C@@H]1[C@H](OCc1ccccc1)[C@@H](OCc1ccccc1)[C@@H]2OS(C)(=O)=O. The maximum Gasteiger partial charge on any atom is 0.264 e. The Kier molecular flexibility index (Phi) is 7.07. The molecule has 32 heavy (non-hydrogen) atoms. The van der Waals surface area contributed by atoms with Crippen LogP contribution in [0.15, 0.2) is 60.7 Å². The van der Waals surface area contributed by atoms with E-state index < -0.39 is 46.6 Å². The fraction of sp³-hybridized carbons (Fsp3) is 0.458. The van der Waals surface area contributed by atoms with Crippen molar-refractivity contribution in [1.82, 2.24) is 0 Å². The lowest BCUT2D eigenvalue weighted by Gasteiger charge is -2.41. The molecule has 4 rings (SSSR count). The van der Waals surface area contributed by atoms with Gasteiger partial charge in [-0.15, -0.1) is 0 Å². The fourth-order valence-corrected chi connectivity index (χ4v) is 5.11. The van der Waals surface area contributed by atoms with Gasteiger partial charge < -0.3 is 14.2 Å². The Balaban J connectivity index is 1.63. The summed E-state index contributed by atoms with van der Waals surface area (Å²) in [6.07, 6.45) is -2.02. The molecule has 0 unspecified atom stereocenters. The molecular formula is C24H28O7S. The number of hydrogen-bond acceptors (Lipinski definition) is 7. The van der Waals surface area contributed by atoms with Crippen LogP contribution in [0.4, 0.5) is 0 Å². The van der Waals surface area contributed by atoms with Gasteiger partial charge in [-0.3, -0.25) is 8.98 Å². The smallest absolute Gasteiger partial charge is 0.264 e. The molecular weight excluding hydrogens is 432 g/mol. The van der Waals surface area contributed by atoms with Crippen molar-refractivity contribution in [3.8, 4) is 0 Å². The molecule has 2 heterocycles. The molecule has 0 saturated carbocycles. The molecule has 2 bridgehead atoms. The molecule has 2 aliphatic heterocycles. The van der Waals surface area contributed by atoms with E-state index in [4.69, 9.17) is 18.4 Å². The predicted octanol–water partition coefficient (Wildman–Crippen LogP) is 2.88. The van der Waals surface area contributed by atoms with Crippen LogP contribution >= 0.6 is 0 Å². The van der Waals surface area contributed by atoms with Crippen LogP contribution in [-0.2, 0) is 46.5 Å². The van der Waals surface area contributed by atoms with Crippen LogP contribution in [0.2, 0.25) is 0 Å². The Morgan fingerprint density at radius 1 is 0.906 bits per heavy atom. The average molecular weight is 461 g/mol. The molecule has 0 spiro atoms. The number of rotatable bonds is 9. The predicted molar refractivity (Wildman–Crippen MR) is 117 cm³/mol. The second kappa shape index (κ2) is 9.80. The summed E-state index contributed by atoms with van der Waals surface area (Å²) in [5.74, 6) is -0.426. The van der Waals surface area contributed by atoms with E-state index in [0.29, 0.717) is 6.42 Å². The molecule has 0 aliphatic carbocycles. The van der Waals surface area contributed by atoms with Gasteiger partial charge >= 0.3 is 0 Å². The van der Waals surface area contributed by atoms with Crippen molar-refractivity contribution in [3.63, 3.8) is 0 Å². The van der Waals surface area contributed by atoms with Crippen LogP contribution in [0.3, 0.4) is 0 Å². The number of ketones is 1. The molecule has 2 aromatic rings. The van der Waals surface area contributed by atoms with Crippen molar-refractivity contribution in [2.24, 2.45) is 5.92 Å². The second-order valence-corrected chi connectivity index (χ2v) is 9.98. The first kappa shape index (κ1) is 23.1. The minimum absolute atomic E-state index is 0.0207. The Morgan fingerprint density at radius 3 is 1.94 bits per heavy atom. The van der Waals surface area contributed by atoms with Gasteiger partial charge in [-0.1, -0.05) is 60.7 Å². The first-order valence-corrected chi connectivity index (χ1v) is 12.5. The van der Waals surface area contributed by atoms with Gasteiger partial charge in [0.15, 0.2) is 0 Å². The van der Waals surface area contributed by atoms with Crippen molar-refractivity contribution in [1.29, 1.82) is 0 Å². The number of benzene rings is 2. The monoisotopic (exact) mass is 460 g/mol. The Labute approximate surface area is 188 Å². The number of hydrogen-bond donors (Lipinski definition) is 0. The number of ether oxygens (including phenoxy) is 3. The lowest BCUT2D eigenvalue weighted by molar-refractivity contribution is -0.226. The van der Waals surface area contributed by atoms with Gasteiger partial charge in [0.2, 0.25) is 0 Å². The van der Waals surface area contributed by atoms with Gasteiger partial charge in [0, 0.05) is 5.92 Å². The Hall–Kier alpha value is -2.10. The zero-order valence-corrected chi connectivity index (χ0v) is 18.9. The highest BCUT2D eigenvalue weighted by Crippen LogP contribution is 2.42. The summed E-state index contributed by atoms with van der Waals surface area (Å²) in [5.41, 5.74) is 1.89. The Bertz CT molecular complexity index is 1010. The van der Waals surface area contributed by atoms with E-state index in [0.717, 1.165) is 17.4 Å². The molecule has 2 aromatic carbocycles. The zero-order valence-electron chi connectivity index (χ0n) is 18.1. The van der Waals surface area contributed by atoms with Gasteiger partial charge in [-0.05, 0) is 24.5 Å². The summed E-state index contributed by atoms with van der Waals surface area (Å²) >= 11 is 0. The highest BCUT2D eigenvalue weighted by molar-refractivity contribution is 7.86. The van der Waals surface area contributed by atoms with Crippen molar-refractivity contribution in [2.45, 2.75) is 57.1 Å². The van der Waals surface area contributed by atoms with E-state index in [-0.39, 0.29) is 19.0 Å². The van der Waals surface area contributed by atoms with Crippen LogP contribution < -0.4 is 0 Å². The third-order valence-corrected chi connectivity index (χ3v) is 6.50. The third-order valence-electron chi connectivity index (χ3n) is 5.93. The second-order valence-electron chi connectivity index (χ2n) is 8.38. The number of carbonyl (C=O) groups excluding carboxylic acids is 1. The molecule has 0 aromatic heterocycles. The van der Waals surface area contributed by atoms with E-state index in [9.17, 15) is 13.2 Å². The fourth-order valence-electron chi connectivity index (χ4n) is 4.47. The standard InChI is InChI=1S/C24H28O7S/c1-16(25)19-13-20-22(31-32(2,26)27)24(29-15-18-11-7-4-8-12-18)23(21(19)30-20)28-14-17-9-5-3-6-10-17/h3-12,19-24H,13-15H2,1-2H3/t19-,20-,21+,22-,23+,24+/m1/s1. The number of Topliss-reactive ketones (excluding diaryl/α,β-unsaturated/α-hetero) is 1. The van der Waals surface area contributed by atoms with E-state index >= 15 is 0 Å². The molecule has 6 atom stereocenters. The number of carbonyl (C=O) groups is 1. The van der Waals surface area contributed by atoms with Crippen molar-refractivity contribution < 1.29 is 31.6 Å². The highest BCUT2D eigenvalue weighted by Gasteiger charge is 2.57. The summed E-state index contributed by atoms with van der Waals surface area (Å²) in [6.45, 7) is 2.05. The Morgan fingerprint density at radius 2 is 1.44 bits per heavy atom. The van der Waals surface area contributed by atoms with Gasteiger partial charge in [-0.25, -0.2) is 0 Å². The highest BCUT2D eigenvalue weighted by atomic mass is 32.2. The largest absolute Gasteiger partial charge is 0.369 e. The van der Waals surface area contributed by atoms with Crippen LogP contribution in [-0.4, -0.2) is 51.0 Å². The molecule has 2 aliphatic rings. The van der Waals surface area contributed by atoms with Gasteiger partial charge in [0.25, 0.3) is 10.1 Å². The molecule has 0 radical (unpaired) electrons. The third kappa shape index (κ3) is 5.44. The minimum atomic E-state index is -3.79. The van der Waals surface area contributed by atoms with Crippen LogP contribution in [0.1, 0.15) is 24.5 Å². The lowest BCUT2D eigenvalue weighted by atomic mass is 9.93.